The van der Waals surface area contributed by atoms with Crippen LogP contribution in [0.1, 0.15) is 11.1 Å². The molecule has 2 aromatic carbocycles. The zero-order valence-corrected chi connectivity index (χ0v) is 11.1. The van der Waals surface area contributed by atoms with Gasteiger partial charge >= 0.3 is 0 Å². The summed E-state index contributed by atoms with van der Waals surface area (Å²) in [5.41, 5.74) is 3.90. The minimum Gasteiger partial charge on any atom is -0.355 e. The molecule has 0 heterocycles. The van der Waals surface area contributed by atoms with Crippen molar-refractivity contribution >= 4 is 17.5 Å². The molecule has 96 valence electrons. The van der Waals surface area contributed by atoms with Crippen molar-refractivity contribution in [2.24, 2.45) is 0 Å². The first kappa shape index (κ1) is 13.4. The van der Waals surface area contributed by atoms with Gasteiger partial charge in [0.2, 0.25) is 0 Å². The summed E-state index contributed by atoms with van der Waals surface area (Å²) < 4.78 is 0. The number of nitrogens with one attached hydrogen (secondary N) is 1. The van der Waals surface area contributed by atoms with Crippen LogP contribution in [0.4, 0.5) is 11.4 Å². The number of hydrogen-bond donors (Lipinski definition) is 1. The summed E-state index contributed by atoms with van der Waals surface area (Å²) in [6.07, 6.45) is 1.58. The van der Waals surface area contributed by atoms with Crippen LogP contribution < -0.4 is 5.32 Å². The molecule has 0 unspecified atom stereocenters. The average molecular weight is 259 g/mol. The summed E-state index contributed by atoms with van der Waals surface area (Å²) >= 11 is 0. The number of rotatable bonds is 3. The van der Waals surface area contributed by atoms with E-state index in [-0.39, 0.29) is 5.57 Å². The number of nitrogens with zero attached hydrogens (tertiary/aromatic N) is 2. The highest BCUT2D eigenvalue weighted by molar-refractivity contribution is 5.75. The van der Waals surface area contributed by atoms with E-state index in [4.69, 9.17) is 10.5 Å². The summed E-state index contributed by atoms with van der Waals surface area (Å²) in [4.78, 5) is 0. The molecule has 0 bridgehead atoms. The lowest BCUT2D eigenvalue weighted by Crippen LogP contribution is -1.93. The van der Waals surface area contributed by atoms with E-state index in [1.807, 2.05) is 67.6 Å². The monoisotopic (exact) mass is 259 g/mol. The lowest BCUT2D eigenvalue weighted by Gasteiger charge is -2.10. The van der Waals surface area contributed by atoms with Crippen LogP contribution in [0, 0.1) is 29.6 Å². The van der Waals surface area contributed by atoms with Crippen molar-refractivity contribution in [2.75, 3.05) is 5.32 Å². The van der Waals surface area contributed by atoms with Gasteiger partial charge in [-0.25, -0.2) is 0 Å². The molecule has 0 spiro atoms. The highest BCUT2D eigenvalue weighted by atomic mass is 14.9. The van der Waals surface area contributed by atoms with Crippen molar-refractivity contribution in [3.8, 4) is 12.1 Å². The van der Waals surface area contributed by atoms with Gasteiger partial charge in [0.1, 0.15) is 17.7 Å². The summed E-state index contributed by atoms with van der Waals surface area (Å²) in [7, 11) is 0. The second-order valence-electron chi connectivity index (χ2n) is 4.36. The molecule has 0 saturated heterocycles. The molecule has 0 aliphatic heterocycles. The van der Waals surface area contributed by atoms with Crippen molar-refractivity contribution in [1.82, 2.24) is 0 Å². The zero-order valence-electron chi connectivity index (χ0n) is 11.1. The Morgan fingerprint density at radius 3 is 2.50 bits per heavy atom. The van der Waals surface area contributed by atoms with Crippen LogP contribution >= 0.6 is 0 Å². The van der Waals surface area contributed by atoms with Crippen LogP contribution in [0.15, 0.2) is 54.1 Å². The molecule has 1 N–H and O–H groups in total. The smallest absolute Gasteiger partial charge is 0.130 e. The highest BCUT2D eigenvalue weighted by Crippen LogP contribution is 2.23. The molecule has 0 fully saturated rings. The third-order valence-corrected chi connectivity index (χ3v) is 2.80. The third kappa shape index (κ3) is 3.25. The number of benzene rings is 2. The minimum atomic E-state index is 0.0866. The molecule has 0 aliphatic rings. The van der Waals surface area contributed by atoms with Gasteiger partial charge in [-0.05, 0) is 42.3 Å². The van der Waals surface area contributed by atoms with E-state index in [1.165, 1.54) is 0 Å². The molecule has 0 aromatic heterocycles. The molecular weight excluding hydrogens is 246 g/mol. The number of allylic oxidation sites excluding steroid dienone is 1. The Hall–Kier alpha value is -3.04. The van der Waals surface area contributed by atoms with Crippen LogP contribution in [-0.4, -0.2) is 0 Å². The SMILES string of the molecule is Cc1cccc(Nc2ccccc2C=C(C#N)C#N)c1. The Balaban J connectivity index is 2.37. The van der Waals surface area contributed by atoms with Crippen LogP contribution in [0.5, 0.6) is 0 Å². The topological polar surface area (TPSA) is 59.6 Å². The van der Waals surface area contributed by atoms with Crippen molar-refractivity contribution < 1.29 is 0 Å². The van der Waals surface area contributed by atoms with Crippen LogP contribution in [0.3, 0.4) is 0 Å². The van der Waals surface area contributed by atoms with Gasteiger partial charge in [-0.1, -0.05) is 30.3 Å². The number of hydrogen-bond acceptors (Lipinski definition) is 3. The Morgan fingerprint density at radius 2 is 1.80 bits per heavy atom. The fraction of sp³-hybridized carbons (Fsp3) is 0.0588. The predicted molar refractivity (Wildman–Crippen MR) is 80.1 cm³/mol. The lowest BCUT2D eigenvalue weighted by molar-refractivity contribution is 1.44. The van der Waals surface area contributed by atoms with Gasteiger partial charge in [-0.15, -0.1) is 0 Å². The molecule has 20 heavy (non-hydrogen) atoms. The molecule has 0 saturated carbocycles. The quantitative estimate of drug-likeness (QED) is 0.841. The zero-order chi connectivity index (χ0) is 14.4. The maximum atomic E-state index is 8.84. The van der Waals surface area contributed by atoms with Crippen molar-refractivity contribution in [3.63, 3.8) is 0 Å². The molecule has 2 rings (SSSR count). The first-order valence-corrected chi connectivity index (χ1v) is 6.17. The molecule has 0 aliphatic carbocycles. The number of anilines is 2. The van der Waals surface area contributed by atoms with E-state index in [2.05, 4.69) is 5.32 Å². The fourth-order valence-electron chi connectivity index (χ4n) is 1.86. The minimum absolute atomic E-state index is 0.0866. The van der Waals surface area contributed by atoms with Crippen LogP contribution in [0.2, 0.25) is 0 Å². The van der Waals surface area contributed by atoms with Gasteiger partial charge < -0.3 is 5.32 Å². The van der Waals surface area contributed by atoms with Gasteiger partial charge in [-0.2, -0.15) is 10.5 Å². The predicted octanol–water partition coefficient (Wildman–Crippen LogP) is 4.17. The van der Waals surface area contributed by atoms with E-state index in [1.54, 1.807) is 6.08 Å². The maximum Gasteiger partial charge on any atom is 0.130 e. The highest BCUT2D eigenvalue weighted by Gasteiger charge is 2.02. The summed E-state index contributed by atoms with van der Waals surface area (Å²) in [5.74, 6) is 0. The molecule has 0 atom stereocenters. The van der Waals surface area contributed by atoms with Crippen molar-refractivity contribution in [3.05, 3.63) is 65.2 Å². The van der Waals surface area contributed by atoms with Crippen LogP contribution in [-0.2, 0) is 0 Å². The van der Waals surface area contributed by atoms with Crippen molar-refractivity contribution in [1.29, 1.82) is 10.5 Å². The fourth-order valence-corrected chi connectivity index (χ4v) is 1.86. The maximum absolute atomic E-state index is 8.84. The summed E-state index contributed by atoms with van der Waals surface area (Å²) in [6.45, 7) is 2.03. The van der Waals surface area contributed by atoms with Gasteiger partial charge in [0.25, 0.3) is 0 Å². The first-order chi connectivity index (χ1) is 9.72. The third-order valence-electron chi connectivity index (χ3n) is 2.80. The number of aryl methyl sites for hydroxylation is 1. The molecule has 0 radical (unpaired) electrons. The normalized spacial score (nSPS) is 9.15. The Morgan fingerprint density at radius 1 is 1.05 bits per heavy atom. The number of nitriles is 2. The Bertz CT molecular complexity index is 714. The van der Waals surface area contributed by atoms with E-state index < -0.39 is 0 Å². The van der Waals surface area contributed by atoms with E-state index >= 15 is 0 Å². The van der Waals surface area contributed by atoms with E-state index in [9.17, 15) is 0 Å². The average Bonchev–Trinajstić information content (AvgIpc) is 2.46. The van der Waals surface area contributed by atoms with E-state index in [0.717, 1.165) is 22.5 Å². The second-order valence-corrected chi connectivity index (χ2v) is 4.36. The van der Waals surface area contributed by atoms with Crippen molar-refractivity contribution in [2.45, 2.75) is 6.92 Å². The Labute approximate surface area is 118 Å². The number of para-hydroxylation sites is 1. The molecule has 0 amide bonds. The standard InChI is InChI=1S/C17H13N3/c1-13-5-4-7-16(9-13)20-17-8-3-2-6-15(17)10-14(11-18)12-19/h2-10,20H,1H3. The first-order valence-electron chi connectivity index (χ1n) is 6.17. The van der Waals surface area contributed by atoms with Gasteiger partial charge in [0, 0.05) is 11.4 Å². The van der Waals surface area contributed by atoms with E-state index in [0.29, 0.717) is 0 Å². The molecule has 2 aromatic rings. The molecule has 3 nitrogen and oxygen atoms in total. The molecular formula is C17H13N3. The van der Waals surface area contributed by atoms with Crippen LogP contribution in [0.25, 0.3) is 6.08 Å². The van der Waals surface area contributed by atoms with Gasteiger partial charge in [-0.3, -0.25) is 0 Å². The second kappa shape index (κ2) is 6.22. The Kier molecular flexibility index (Phi) is 4.17. The van der Waals surface area contributed by atoms with Gasteiger partial charge in [0.05, 0.1) is 0 Å². The summed E-state index contributed by atoms with van der Waals surface area (Å²) in [6, 6.07) is 19.3. The van der Waals surface area contributed by atoms with Gasteiger partial charge in [0.15, 0.2) is 0 Å². The summed E-state index contributed by atoms with van der Waals surface area (Å²) in [5, 5.41) is 21.0. The lowest BCUT2D eigenvalue weighted by atomic mass is 10.1. The largest absolute Gasteiger partial charge is 0.355 e. The molecule has 3 heteroatoms.